The van der Waals surface area contributed by atoms with Crippen LogP contribution in [0.2, 0.25) is 0 Å². The minimum Gasteiger partial charge on any atom is -0.0949 e. The van der Waals surface area contributed by atoms with Crippen LogP contribution in [-0.2, 0) is 0 Å². The second-order valence-corrected chi connectivity index (χ2v) is 4.08. The minimum atomic E-state index is 0.961. The SMILES string of the molecule is C=C(C/C=C(\C)CC)c1cccc(C)c1. The molecule has 0 aliphatic carbocycles. The van der Waals surface area contributed by atoms with Gasteiger partial charge in [0, 0.05) is 0 Å². The highest BCUT2D eigenvalue weighted by atomic mass is 14.0. The maximum Gasteiger partial charge on any atom is -0.00948 e. The van der Waals surface area contributed by atoms with Gasteiger partial charge in [-0.05, 0) is 37.8 Å². The summed E-state index contributed by atoms with van der Waals surface area (Å²) in [6.07, 6.45) is 4.36. The highest BCUT2D eigenvalue weighted by molar-refractivity contribution is 5.65. The van der Waals surface area contributed by atoms with Crippen molar-refractivity contribution in [1.29, 1.82) is 0 Å². The molecule has 0 bridgehead atoms. The molecule has 0 N–H and O–H groups in total. The van der Waals surface area contributed by atoms with Gasteiger partial charge in [0.1, 0.15) is 0 Å². The van der Waals surface area contributed by atoms with Crippen molar-refractivity contribution in [3.8, 4) is 0 Å². The van der Waals surface area contributed by atoms with E-state index in [4.69, 9.17) is 0 Å². The Balaban J connectivity index is 2.70. The van der Waals surface area contributed by atoms with Crippen LogP contribution < -0.4 is 0 Å². The molecule has 1 rings (SSSR count). The van der Waals surface area contributed by atoms with E-state index in [1.165, 1.54) is 22.3 Å². The Kier molecular flexibility index (Phi) is 4.36. The van der Waals surface area contributed by atoms with Crippen LogP contribution in [0.5, 0.6) is 0 Å². The molecule has 0 unspecified atom stereocenters. The van der Waals surface area contributed by atoms with Gasteiger partial charge in [0.2, 0.25) is 0 Å². The summed E-state index contributed by atoms with van der Waals surface area (Å²) in [6.45, 7) is 10.6. The Morgan fingerprint density at radius 1 is 1.40 bits per heavy atom. The van der Waals surface area contributed by atoms with E-state index >= 15 is 0 Å². The standard InChI is InChI=1S/C15H20/c1-5-12(2)9-10-14(4)15-8-6-7-13(3)11-15/h6-9,11H,4-5,10H2,1-3H3/b12-9+. The predicted octanol–water partition coefficient (Wildman–Crippen LogP) is 4.75. The second kappa shape index (κ2) is 5.55. The van der Waals surface area contributed by atoms with Crippen LogP contribution >= 0.6 is 0 Å². The molecule has 0 fully saturated rings. The Bertz CT molecular complexity index is 369. The van der Waals surface area contributed by atoms with E-state index in [2.05, 4.69) is 57.7 Å². The van der Waals surface area contributed by atoms with Crippen molar-refractivity contribution in [2.45, 2.75) is 33.6 Å². The van der Waals surface area contributed by atoms with Gasteiger partial charge in [0.15, 0.2) is 0 Å². The van der Waals surface area contributed by atoms with Gasteiger partial charge in [-0.1, -0.05) is 55.0 Å². The summed E-state index contributed by atoms with van der Waals surface area (Å²) < 4.78 is 0. The predicted molar refractivity (Wildman–Crippen MR) is 68.9 cm³/mol. The van der Waals surface area contributed by atoms with Gasteiger partial charge in [-0.15, -0.1) is 0 Å². The number of aryl methyl sites for hydroxylation is 1. The van der Waals surface area contributed by atoms with Gasteiger partial charge in [-0.3, -0.25) is 0 Å². The van der Waals surface area contributed by atoms with E-state index in [0.717, 1.165) is 12.8 Å². The first-order chi connectivity index (χ1) is 7.13. The molecule has 0 aliphatic rings. The van der Waals surface area contributed by atoms with Crippen molar-refractivity contribution in [1.82, 2.24) is 0 Å². The lowest BCUT2D eigenvalue weighted by molar-refractivity contribution is 1.08. The minimum absolute atomic E-state index is 0.961. The molecule has 0 heteroatoms. The first kappa shape index (κ1) is 11.8. The lowest BCUT2D eigenvalue weighted by Crippen LogP contribution is -1.83. The second-order valence-electron chi connectivity index (χ2n) is 4.08. The fourth-order valence-electron chi connectivity index (χ4n) is 1.42. The van der Waals surface area contributed by atoms with E-state index in [1.54, 1.807) is 0 Å². The van der Waals surface area contributed by atoms with E-state index in [-0.39, 0.29) is 0 Å². The third kappa shape index (κ3) is 3.75. The van der Waals surface area contributed by atoms with Crippen LogP contribution in [0, 0.1) is 6.92 Å². The topological polar surface area (TPSA) is 0 Å². The first-order valence-corrected chi connectivity index (χ1v) is 5.54. The Morgan fingerprint density at radius 2 is 2.13 bits per heavy atom. The van der Waals surface area contributed by atoms with E-state index in [1.807, 2.05) is 0 Å². The maximum atomic E-state index is 4.13. The molecule has 0 saturated heterocycles. The van der Waals surface area contributed by atoms with Gasteiger partial charge in [0.25, 0.3) is 0 Å². The zero-order valence-corrected chi connectivity index (χ0v) is 10.0. The van der Waals surface area contributed by atoms with Gasteiger partial charge in [0.05, 0.1) is 0 Å². The molecule has 0 heterocycles. The van der Waals surface area contributed by atoms with Gasteiger partial charge < -0.3 is 0 Å². The van der Waals surface area contributed by atoms with Gasteiger partial charge >= 0.3 is 0 Å². The van der Waals surface area contributed by atoms with Crippen molar-refractivity contribution < 1.29 is 0 Å². The smallest absolute Gasteiger partial charge is 0.00948 e. The number of rotatable bonds is 4. The molecule has 0 saturated carbocycles. The summed E-state index contributed by atoms with van der Waals surface area (Å²) in [6, 6.07) is 8.53. The van der Waals surface area contributed by atoms with E-state index in [9.17, 15) is 0 Å². The van der Waals surface area contributed by atoms with Gasteiger partial charge in [-0.25, -0.2) is 0 Å². The fraction of sp³-hybridized carbons (Fsp3) is 0.333. The van der Waals surface area contributed by atoms with Crippen LogP contribution in [-0.4, -0.2) is 0 Å². The van der Waals surface area contributed by atoms with Crippen LogP contribution in [0.1, 0.15) is 37.8 Å². The Morgan fingerprint density at radius 3 is 2.73 bits per heavy atom. The summed E-state index contributed by atoms with van der Waals surface area (Å²) in [5.41, 5.74) is 5.19. The first-order valence-electron chi connectivity index (χ1n) is 5.54. The lowest BCUT2D eigenvalue weighted by Gasteiger charge is -2.04. The zero-order valence-electron chi connectivity index (χ0n) is 10.0. The summed E-state index contributed by atoms with van der Waals surface area (Å²) in [7, 11) is 0. The molecular weight excluding hydrogens is 180 g/mol. The highest BCUT2D eigenvalue weighted by Gasteiger charge is 1.97. The normalized spacial score (nSPS) is 11.5. The number of hydrogen-bond acceptors (Lipinski definition) is 0. The third-order valence-electron chi connectivity index (χ3n) is 2.68. The van der Waals surface area contributed by atoms with Gasteiger partial charge in [-0.2, -0.15) is 0 Å². The molecule has 0 atom stereocenters. The summed E-state index contributed by atoms with van der Waals surface area (Å²) >= 11 is 0. The molecule has 1 aromatic rings. The van der Waals surface area contributed by atoms with Crippen LogP contribution in [0.15, 0.2) is 42.5 Å². The molecule has 0 spiro atoms. The third-order valence-corrected chi connectivity index (χ3v) is 2.68. The largest absolute Gasteiger partial charge is 0.0949 e. The summed E-state index contributed by atoms with van der Waals surface area (Å²) in [4.78, 5) is 0. The lowest BCUT2D eigenvalue weighted by atomic mass is 10.0. The van der Waals surface area contributed by atoms with Crippen molar-refractivity contribution in [2.75, 3.05) is 0 Å². The van der Waals surface area contributed by atoms with Crippen LogP contribution in [0.4, 0.5) is 0 Å². The van der Waals surface area contributed by atoms with E-state index < -0.39 is 0 Å². The molecule has 80 valence electrons. The molecule has 0 aliphatic heterocycles. The number of benzene rings is 1. The molecule has 1 aromatic carbocycles. The fourth-order valence-corrected chi connectivity index (χ4v) is 1.42. The molecule has 0 radical (unpaired) electrons. The molecule has 0 nitrogen and oxygen atoms in total. The van der Waals surface area contributed by atoms with Crippen LogP contribution in [0.3, 0.4) is 0 Å². The quantitative estimate of drug-likeness (QED) is 0.615. The highest BCUT2D eigenvalue weighted by Crippen LogP contribution is 2.18. The maximum absolute atomic E-state index is 4.13. The molecule has 15 heavy (non-hydrogen) atoms. The molecule has 0 amide bonds. The summed E-state index contributed by atoms with van der Waals surface area (Å²) in [5, 5.41) is 0. The Labute approximate surface area is 93.3 Å². The molecule has 0 aromatic heterocycles. The van der Waals surface area contributed by atoms with Crippen molar-refractivity contribution in [3.05, 3.63) is 53.6 Å². The van der Waals surface area contributed by atoms with E-state index in [0.29, 0.717) is 0 Å². The average Bonchev–Trinajstić information content (AvgIpc) is 2.25. The van der Waals surface area contributed by atoms with Crippen LogP contribution in [0.25, 0.3) is 5.57 Å². The summed E-state index contributed by atoms with van der Waals surface area (Å²) in [5.74, 6) is 0. The number of allylic oxidation sites excluding steroid dienone is 3. The molecular formula is C15H20. The van der Waals surface area contributed by atoms with Crippen molar-refractivity contribution in [2.24, 2.45) is 0 Å². The number of hydrogen-bond donors (Lipinski definition) is 0. The Hall–Kier alpha value is -1.30. The average molecular weight is 200 g/mol. The zero-order chi connectivity index (χ0) is 11.3. The van der Waals surface area contributed by atoms with Crippen molar-refractivity contribution in [3.63, 3.8) is 0 Å². The monoisotopic (exact) mass is 200 g/mol. The van der Waals surface area contributed by atoms with Crippen molar-refractivity contribution >= 4 is 5.57 Å².